The van der Waals surface area contributed by atoms with Crippen LogP contribution in [0.4, 0.5) is 0 Å². The van der Waals surface area contributed by atoms with Gasteiger partial charge in [0.2, 0.25) is 11.8 Å². The molecule has 1 aromatic carbocycles. The molecule has 7 heteroatoms. The van der Waals surface area contributed by atoms with Gasteiger partial charge >= 0.3 is 0 Å². The van der Waals surface area contributed by atoms with E-state index in [2.05, 4.69) is 6.58 Å². The van der Waals surface area contributed by atoms with Crippen molar-refractivity contribution in [2.75, 3.05) is 33.3 Å². The van der Waals surface area contributed by atoms with E-state index in [1.54, 1.807) is 21.9 Å². The first-order valence-electron chi connectivity index (χ1n) is 7.67. The molecule has 1 aliphatic rings. The molecule has 5 nitrogen and oxygen atoms in total. The molecule has 0 atom stereocenters. The van der Waals surface area contributed by atoms with E-state index >= 15 is 0 Å². The van der Waals surface area contributed by atoms with Crippen molar-refractivity contribution >= 4 is 35.0 Å². The molecule has 1 aromatic rings. The molecule has 0 N–H and O–H groups in total. The number of halogens is 2. The first-order chi connectivity index (χ1) is 11.5. The van der Waals surface area contributed by atoms with Crippen LogP contribution in [0.3, 0.4) is 0 Å². The normalized spacial score (nSPS) is 14.5. The molecule has 1 heterocycles. The predicted molar refractivity (Wildman–Crippen MR) is 94.7 cm³/mol. The highest BCUT2D eigenvalue weighted by Crippen LogP contribution is 2.31. The van der Waals surface area contributed by atoms with Crippen molar-refractivity contribution in [3.05, 3.63) is 40.4 Å². The number of nitrogens with zero attached hydrogens (tertiary/aromatic N) is 2. The molecule has 0 aromatic heterocycles. The molecule has 1 aliphatic heterocycles. The van der Waals surface area contributed by atoms with Crippen LogP contribution in [0.25, 0.3) is 0 Å². The molecule has 0 bridgehead atoms. The van der Waals surface area contributed by atoms with E-state index in [4.69, 9.17) is 27.9 Å². The Hall–Kier alpha value is -1.72. The maximum Gasteiger partial charge on any atom is 0.246 e. The van der Waals surface area contributed by atoms with Crippen LogP contribution in [0.15, 0.2) is 24.8 Å². The van der Waals surface area contributed by atoms with Gasteiger partial charge < -0.3 is 14.5 Å². The Labute approximate surface area is 151 Å². The number of benzene rings is 1. The highest BCUT2D eigenvalue weighted by atomic mass is 35.5. The van der Waals surface area contributed by atoms with Gasteiger partial charge in [0.15, 0.2) is 0 Å². The van der Waals surface area contributed by atoms with Crippen molar-refractivity contribution in [1.29, 1.82) is 0 Å². The number of methoxy groups -OCH3 is 1. The van der Waals surface area contributed by atoms with Gasteiger partial charge in [0.05, 0.1) is 12.1 Å². The lowest BCUT2D eigenvalue weighted by Gasteiger charge is -2.34. The number of hydrogen-bond donors (Lipinski definition) is 0. The quantitative estimate of drug-likeness (QED) is 0.748. The monoisotopic (exact) mass is 370 g/mol. The zero-order valence-electron chi connectivity index (χ0n) is 13.6. The van der Waals surface area contributed by atoms with E-state index in [-0.39, 0.29) is 11.8 Å². The summed E-state index contributed by atoms with van der Waals surface area (Å²) in [5, 5.41) is 0.968. The summed E-state index contributed by atoms with van der Waals surface area (Å²) in [6, 6.07) is 3.39. The number of piperazine rings is 1. The second kappa shape index (κ2) is 8.40. The minimum atomic E-state index is -0.0952. The fraction of sp³-hybridized carbons (Fsp3) is 0.412. The van der Waals surface area contributed by atoms with Crippen LogP contribution >= 0.6 is 23.2 Å². The second-order valence-electron chi connectivity index (χ2n) is 5.49. The van der Waals surface area contributed by atoms with Gasteiger partial charge in [0.25, 0.3) is 0 Å². The second-order valence-corrected chi connectivity index (χ2v) is 6.30. The van der Waals surface area contributed by atoms with E-state index < -0.39 is 0 Å². The van der Waals surface area contributed by atoms with Gasteiger partial charge in [0.1, 0.15) is 5.75 Å². The molecule has 0 saturated carbocycles. The Bertz CT molecular complexity index is 641. The SMILES string of the molecule is C=CC(=O)N1CCN(C(=O)CCc2cc(OC)c(Cl)cc2Cl)CC1. The topological polar surface area (TPSA) is 49.9 Å². The van der Waals surface area contributed by atoms with Gasteiger partial charge in [-0.15, -0.1) is 0 Å². The van der Waals surface area contributed by atoms with Crippen LogP contribution in [-0.2, 0) is 16.0 Å². The van der Waals surface area contributed by atoms with Crippen LogP contribution in [0, 0.1) is 0 Å². The average molecular weight is 371 g/mol. The summed E-state index contributed by atoms with van der Waals surface area (Å²) in [4.78, 5) is 27.4. The van der Waals surface area contributed by atoms with Crippen molar-refractivity contribution in [2.45, 2.75) is 12.8 Å². The predicted octanol–water partition coefficient (Wildman–Crippen LogP) is 2.79. The molecule has 1 fully saturated rings. The summed E-state index contributed by atoms with van der Waals surface area (Å²) in [6.45, 7) is 5.62. The molecule has 24 heavy (non-hydrogen) atoms. The molecule has 2 amide bonds. The minimum Gasteiger partial charge on any atom is -0.495 e. The van der Waals surface area contributed by atoms with E-state index in [0.717, 1.165) is 5.56 Å². The summed E-state index contributed by atoms with van der Waals surface area (Å²) >= 11 is 12.2. The molecule has 0 aliphatic carbocycles. The lowest BCUT2D eigenvalue weighted by Crippen LogP contribution is -2.50. The smallest absolute Gasteiger partial charge is 0.246 e. The standard InChI is InChI=1S/C17H20Cl2N2O3/c1-3-16(22)20-6-8-21(9-7-20)17(23)5-4-12-10-15(24-2)14(19)11-13(12)18/h3,10-11H,1,4-9H2,2H3. The van der Waals surface area contributed by atoms with Gasteiger partial charge in [0, 0.05) is 37.6 Å². The van der Waals surface area contributed by atoms with Crippen LogP contribution in [0.5, 0.6) is 5.75 Å². The fourth-order valence-electron chi connectivity index (χ4n) is 2.62. The van der Waals surface area contributed by atoms with E-state index in [0.29, 0.717) is 54.8 Å². The third-order valence-corrected chi connectivity index (χ3v) is 4.69. The Morgan fingerprint density at radius 1 is 1.17 bits per heavy atom. The Kier molecular flexibility index (Phi) is 6.52. The van der Waals surface area contributed by atoms with Crippen molar-refractivity contribution < 1.29 is 14.3 Å². The van der Waals surface area contributed by atoms with Crippen LogP contribution in [0.1, 0.15) is 12.0 Å². The van der Waals surface area contributed by atoms with Crippen molar-refractivity contribution in [3.63, 3.8) is 0 Å². The maximum absolute atomic E-state index is 12.4. The summed E-state index contributed by atoms with van der Waals surface area (Å²) in [5.74, 6) is 0.493. The van der Waals surface area contributed by atoms with Gasteiger partial charge in [-0.1, -0.05) is 29.8 Å². The molecule has 1 saturated heterocycles. The Balaban J connectivity index is 1.90. The van der Waals surface area contributed by atoms with E-state index in [1.807, 2.05) is 0 Å². The zero-order valence-corrected chi connectivity index (χ0v) is 15.1. The van der Waals surface area contributed by atoms with E-state index in [1.165, 1.54) is 13.2 Å². The number of amides is 2. The average Bonchev–Trinajstić information content (AvgIpc) is 2.60. The van der Waals surface area contributed by atoms with Gasteiger partial charge in [-0.3, -0.25) is 9.59 Å². The summed E-state index contributed by atoms with van der Waals surface area (Å²) < 4.78 is 5.18. The number of ether oxygens (including phenoxy) is 1. The summed E-state index contributed by atoms with van der Waals surface area (Å²) in [5.41, 5.74) is 0.826. The molecule has 2 rings (SSSR count). The first-order valence-corrected chi connectivity index (χ1v) is 8.43. The van der Waals surface area contributed by atoms with Crippen LogP contribution in [-0.4, -0.2) is 54.9 Å². The van der Waals surface area contributed by atoms with Gasteiger partial charge in [-0.25, -0.2) is 0 Å². The van der Waals surface area contributed by atoms with Crippen molar-refractivity contribution in [3.8, 4) is 5.75 Å². The van der Waals surface area contributed by atoms with Crippen LogP contribution < -0.4 is 4.74 Å². The number of rotatable bonds is 5. The number of hydrogen-bond acceptors (Lipinski definition) is 3. The molecular weight excluding hydrogens is 351 g/mol. The van der Waals surface area contributed by atoms with Crippen LogP contribution in [0.2, 0.25) is 10.0 Å². The van der Waals surface area contributed by atoms with E-state index in [9.17, 15) is 9.59 Å². The zero-order chi connectivity index (χ0) is 17.7. The maximum atomic E-state index is 12.4. The van der Waals surface area contributed by atoms with Crippen molar-refractivity contribution in [2.24, 2.45) is 0 Å². The number of carbonyl (C=O) groups is 2. The molecule has 130 valence electrons. The number of carbonyl (C=O) groups excluding carboxylic acids is 2. The number of aryl methyl sites for hydroxylation is 1. The summed E-state index contributed by atoms with van der Waals surface area (Å²) in [7, 11) is 1.54. The lowest BCUT2D eigenvalue weighted by atomic mass is 10.1. The summed E-state index contributed by atoms with van der Waals surface area (Å²) in [6.07, 6.45) is 2.16. The fourth-order valence-corrected chi connectivity index (χ4v) is 3.18. The highest BCUT2D eigenvalue weighted by Gasteiger charge is 2.22. The Morgan fingerprint density at radius 2 is 1.79 bits per heavy atom. The molecular formula is C17H20Cl2N2O3. The molecule has 0 radical (unpaired) electrons. The van der Waals surface area contributed by atoms with Gasteiger partial charge in [-0.05, 0) is 30.2 Å². The third kappa shape index (κ3) is 4.42. The third-order valence-electron chi connectivity index (χ3n) is 4.05. The minimum absolute atomic E-state index is 0.0469. The largest absolute Gasteiger partial charge is 0.495 e. The van der Waals surface area contributed by atoms with Crippen molar-refractivity contribution in [1.82, 2.24) is 9.80 Å². The van der Waals surface area contributed by atoms with Gasteiger partial charge in [-0.2, -0.15) is 0 Å². The lowest BCUT2D eigenvalue weighted by molar-refractivity contribution is -0.137. The molecule has 0 unspecified atom stereocenters. The first kappa shape index (κ1) is 18.6. The molecule has 0 spiro atoms. The highest BCUT2D eigenvalue weighted by molar-refractivity contribution is 6.36. The Morgan fingerprint density at radius 3 is 2.38 bits per heavy atom.